The zero-order valence-electron chi connectivity index (χ0n) is 23.5. The number of hydrogen-bond donors (Lipinski definition) is 1. The van der Waals surface area contributed by atoms with E-state index in [1.165, 1.54) is 17.0 Å². The van der Waals surface area contributed by atoms with Crippen LogP contribution in [0.25, 0.3) is 0 Å². The number of carbonyl (C=O) groups is 2. The molecule has 8 heteroatoms. The topological polar surface area (TPSA) is 86.8 Å². The van der Waals surface area contributed by atoms with Crippen molar-refractivity contribution in [2.24, 2.45) is 0 Å². The van der Waals surface area contributed by atoms with Gasteiger partial charge in [-0.1, -0.05) is 73.5 Å². The van der Waals surface area contributed by atoms with Crippen LogP contribution in [0.3, 0.4) is 0 Å². The zero-order valence-corrected chi connectivity index (χ0v) is 24.3. The Hall–Kier alpha value is -3.65. The molecule has 0 aliphatic rings. The van der Waals surface area contributed by atoms with Crippen molar-refractivity contribution in [1.82, 2.24) is 10.2 Å². The summed E-state index contributed by atoms with van der Waals surface area (Å²) < 4.78 is 29.0. The fourth-order valence-electron chi connectivity index (χ4n) is 4.23. The Bertz CT molecular complexity index is 1370. The van der Waals surface area contributed by atoms with Crippen LogP contribution in [-0.4, -0.2) is 44.3 Å². The summed E-state index contributed by atoms with van der Waals surface area (Å²) in [6.45, 7) is 9.65. The lowest BCUT2D eigenvalue weighted by Gasteiger charge is -2.32. The van der Waals surface area contributed by atoms with Gasteiger partial charge in [0.15, 0.2) is 0 Å². The minimum atomic E-state index is -4.08. The van der Waals surface area contributed by atoms with E-state index in [-0.39, 0.29) is 17.3 Å². The van der Waals surface area contributed by atoms with Gasteiger partial charge in [0.2, 0.25) is 11.8 Å². The van der Waals surface area contributed by atoms with Crippen LogP contribution in [0.15, 0.2) is 77.7 Å². The highest BCUT2D eigenvalue weighted by Crippen LogP contribution is 2.28. The molecule has 0 aliphatic heterocycles. The maximum Gasteiger partial charge on any atom is 0.264 e. The van der Waals surface area contributed by atoms with Gasteiger partial charge in [-0.15, -0.1) is 0 Å². The first-order chi connectivity index (χ1) is 18.5. The van der Waals surface area contributed by atoms with E-state index in [2.05, 4.69) is 5.32 Å². The highest BCUT2D eigenvalue weighted by atomic mass is 32.2. The van der Waals surface area contributed by atoms with Crippen LogP contribution in [0.2, 0.25) is 0 Å². The van der Waals surface area contributed by atoms with Crippen molar-refractivity contribution in [2.75, 3.05) is 17.4 Å². The number of anilines is 1. The molecule has 0 aromatic heterocycles. The lowest BCUT2D eigenvalue weighted by molar-refractivity contribution is -0.139. The number of rotatable bonds is 12. The molecule has 39 heavy (non-hydrogen) atoms. The Labute approximate surface area is 232 Å². The SMILES string of the molecule is CCCCNC(=O)[C@H](C)N(Cc1ccc(C)cc1)C(=O)CN(c1cc(C)ccc1C)S(=O)(=O)c1ccccc1. The monoisotopic (exact) mass is 549 g/mol. The van der Waals surface area contributed by atoms with Crippen LogP contribution >= 0.6 is 0 Å². The van der Waals surface area contributed by atoms with E-state index in [0.29, 0.717) is 12.2 Å². The normalized spacial score (nSPS) is 12.0. The maximum absolute atomic E-state index is 14.0. The third-order valence-corrected chi connectivity index (χ3v) is 8.49. The highest BCUT2D eigenvalue weighted by Gasteiger charge is 2.33. The molecule has 3 rings (SSSR count). The standard InChI is InChI=1S/C31H39N3O4S/c1-6-7-19-32-31(36)26(5)33(21-27-17-14-23(2)15-18-27)30(35)22-34(29-20-24(3)13-16-25(29)4)39(37,38)28-11-9-8-10-12-28/h8-18,20,26H,6-7,19,21-22H2,1-5H3,(H,32,36)/t26-/m0/s1. The molecule has 0 heterocycles. The molecule has 3 aromatic rings. The third-order valence-electron chi connectivity index (χ3n) is 6.71. The van der Waals surface area contributed by atoms with Crippen LogP contribution in [0, 0.1) is 20.8 Å². The van der Waals surface area contributed by atoms with Gasteiger partial charge in [0.05, 0.1) is 10.6 Å². The molecule has 208 valence electrons. The summed E-state index contributed by atoms with van der Waals surface area (Å²) in [6, 6.07) is 20.6. The predicted octanol–water partition coefficient (Wildman–Crippen LogP) is 5.14. The van der Waals surface area contributed by atoms with E-state index < -0.39 is 28.5 Å². The number of amides is 2. The van der Waals surface area contributed by atoms with E-state index in [9.17, 15) is 18.0 Å². The molecule has 1 atom stereocenters. The second-order valence-electron chi connectivity index (χ2n) is 9.94. The summed E-state index contributed by atoms with van der Waals surface area (Å²) in [5.41, 5.74) is 3.96. The van der Waals surface area contributed by atoms with Gasteiger partial charge in [-0.3, -0.25) is 13.9 Å². The average molecular weight is 550 g/mol. The number of aryl methyl sites for hydroxylation is 3. The van der Waals surface area contributed by atoms with E-state index in [1.54, 1.807) is 31.2 Å². The van der Waals surface area contributed by atoms with Gasteiger partial charge in [0, 0.05) is 13.1 Å². The van der Waals surface area contributed by atoms with Crippen molar-refractivity contribution >= 4 is 27.5 Å². The smallest absolute Gasteiger partial charge is 0.264 e. The van der Waals surface area contributed by atoms with Crippen molar-refractivity contribution < 1.29 is 18.0 Å². The number of hydrogen-bond acceptors (Lipinski definition) is 4. The molecular weight excluding hydrogens is 510 g/mol. The van der Waals surface area contributed by atoms with Crippen molar-refractivity contribution in [3.8, 4) is 0 Å². The number of sulfonamides is 1. The van der Waals surface area contributed by atoms with E-state index in [4.69, 9.17) is 0 Å². The lowest BCUT2D eigenvalue weighted by Crippen LogP contribution is -2.51. The summed E-state index contributed by atoms with van der Waals surface area (Å²) >= 11 is 0. The molecule has 0 fully saturated rings. The Morgan fingerprint density at radius 1 is 0.897 bits per heavy atom. The molecule has 2 amide bonds. The molecule has 0 unspecified atom stereocenters. The summed E-state index contributed by atoms with van der Waals surface area (Å²) in [7, 11) is -4.08. The molecule has 0 saturated heterocycles. The number of nitrogens with zero attached hydrogens (tertiary/aromatic N) is 2. The van der Waals surface area contributed by atoms with E-state index >= 15 is 0 Å². The number of carbonyl (C=O) groups excluding carboxylic acids is 2. The summed E-state index contributed by atoms with van der Waals surface area (Å²) in [6.07, 6.45) is 1.77. The quantitative estimate of drug-likeness (QED) is 0.317. The Kier molecular flexibility index (Phi) is 10.3. The van der Waals surface area contributed by atoms with Crippen LogP contribution in [0.4, 0.5) is 5.69 Å². The Morgan fingerprint density at radius 2 is 1.54 bits per heavy atom. The van der Waals surface area contributed by atoms with Gasteiger partial charge in [-0.2, -0.15) is 0 Å². The van der Waals surface area contributed by atoms with Crippen molar-refractivity contribution in [2.45, 2.75) is 64.9 Å². The predicted molar refractivity (Wildman–Crippen MR) is 156 cm³/mol. The number of benzene rings is 3. The number of nitrogens with one attached hydrogen (secondary N) is 1. The van der Waals surface area contributed by atoms with Gasteiger partial charge in [0.1, 0.15) is 12.6 Å². The second-order valence-corrected chi connectivity index (χ2v) is 11.8. The molecule has 0 radical (unpaired) electrons. The third kappa shape index (κ3) is 7.69. The first-order valence-electron chi connectivity index (χ1n) is 13.3. The second kappa shape index (κ2) is 13.4. The summed E-state index contributed by atoms with van der Waals surface area (Å²) in [5, 5.41) is 2.91. The fraction of sp³-hybridized carbons (Fsp3) is 0.355. The van der Waals surface area contributed by atoms with Crippen molar-refractivity contribution in [3.05, 3.63) is 95.1 Å². The van der Waals surface area contributed by atoms with Crippen molar-refractivity contribution in [1.29, 1.82) is 0 Å². The van der Waals surface area contributed by atoms with Gasteiger partial charge in [0.25, 0.3) is 10.0 Å². The Balaban J connectivity index is 2.02. The molecule has 1 N–H and O–H groups in total. The van der Waals surface area contributed by atoms with E-state index in [0.717, 1.165) is 39.4 Å². The minimum Gasteiger partial charge on any atom is -0.354 e. The van der Waals surface area contributed by atoms with Gasteiger partial charge < -0.3 is 10.2 Å². The molecule has 3 aromatic carbocycles. The van der Waals surface area contributed by atoms with Crippen LogP contribution in [0.5, 0.6) is 0 Å². The Morgan fingerprint density at radius 3 is 2.18 bits per heavy atom. The molecular formula is C31H39N3O4S. The first-order valence-corrected chi connectivity index (χ1v) is 14.8. The van der Waals surface area contributed by atoms with Crippen LogP contribution in [-0.2, 0) is 26.2 Å². The molecule has 0 bridgehead atoms. The summed E-state index contributed by atoms with van der Waals surface area (Å²) in [5.74, 6) is -0.734. The van der Waals surface area contributed by atoms with Crippen LogP contribution in [0.1, 0.15) is 48.9 Å². The molecule has 0 spiro atoms. The highest BCUT2D eigenvalue weighted by molar-refractivity contribution is 7.92. The summed E-state index contributed by atoms with van der Waals surface area (Å²) in [4.78, 5) is 28.6. The van der Waals surface area contributed by atoms with Gasteiger partial charge >= 0.3 is 0 Å². The van der Waals surface area contributed by atoms with Crippen LogP contribution < -0.4 is 9.62 Å². The first kappa shape index (κ1) is 29.9. The van der Waals surface area contributed by atoms with E-state index in [1.807, 2.05) is 64.1 Å². The van der Waals surface area contributed by atoms with Gasteiger partial charge in [-0.25, -0.2) is 8.42 Å². The number of unbranched alkanes of at least 4 members (excludes halogenated alkanes) is 1. The minimum absolute atomic E-state index is 0.0918. The lowest BCUT2D eigenvalue weighted by atomic mass is 10.1. The fourth-order valence-corrected chi connectivity index (χ4v) is 5.72. The van der Waals surface area contributed by atoms with Gasteiger partial charge in [-0.05, 0) is 69.0 Å². The molecule has 0 saturated carbocycles. The van der Waals surface area contributed by atoms with Crippen molar-refractivity contribution in [3.63, 3.8) is 0 Å². The zero-order chi connectivity index (χ0) is 28.6. The molecule has 0 aliphatic carbocycles. The largest absolute Gasteiger partial charge is 0.354 e. The molecule has 7 nitrogen and oxygen atoms in total. The average Bonchev–Trinajstić information content (AvgIpc) is 2.92. The maximum atomic E-state index is 14.0.